The highest BCUT2D eigenvalue weighted by Crippen LogP contribution is 2.23. The number of aromatic nitrogens is 1. The lowest BCUT2D eigenvalue weighted by molar-refractivity contribution is 0.0514. The van der Waals surface area contributed by atoms with Crippen molar-refractivity contribution in [3.63, 3.8) is 0 Å². The van der Waals surface area contributed by atoms with E-state index in [1.807, 2.05) is 30.3 Å². The van der Waals surface area contributed by atoms with Gasteiger partial charge in [-0.2, -0.15) is 0 Å². The van der Waals surface area contributed by atoms with Gasteiger partial charge in [0.15, 0.2) is 5.69 Å². The molecule has 5 nitrogen and oxygen atoms in total. The number of nitrogens with zero attached hydrogens (tertiary/aromatic N) is 1. The molecular formula is C16H18N2O3. The van der Waals surface area contributed by atoms with E-state index < -0.39 is 11.6 Å². The Kier molecular flexibility index (Phi) is 4.55. The van der Waals surface area contributed by atoms with E-state index in [1.165, 1.54) is 6.07 Å². The lowest BCUT2D eigenvalue weighted by Crippen LogP contribution is -2.24. The SMILES string of the molecule is CC(O)(CCNc1cccc(C(=O)O)n1)c1ccccc1. The van der Waals surface area contributed by atoms with E-state index in [4.69, 9.17) is 5.11 Å². The standard InChI is InChI=1S/C16H18N2O3/c1-16(21,12-6-3-2-4-7-12)10-11-17-14-9-5-8-13(18-14)15(19)20/h2-9,21H,10-11H2,1H3,(H,17,18)(H,19,20). The van der Waals surface area contributed by atoms with Gasteiger partial charge in [-0.05, 0) is 31.0 Å². The van der Waals surface area contributed by atoms with Gasteiger partial charge < -0.3 is 15.5 Å². The first kappa shape index (κ1) is 15.0. The maximum Gasteiger partial charge on any atom is 0.354 e. The number of pyridine rings is 1. The number of aliphatic hydroxyl groups is 1. The highest BCUT2D eigenvalue weighted by molar-refractivity contribution is 5.85. The van der Waals surface area contributed by atoms with Crippen LogP contribution in [0.15, 0.2) is 48.5 Å². The second-order valence-electron chi connectivity index (χ2n) is 5.03. The number of rotatable bonds is 6. The fraction of sp³-hybridized carbons (Fsp3) is 0.250. The van der Waals surface area contributed by atoms with Crippen molar-refractivity contribution in [3.8, 4) is 0 Å². The molecule has 0 spiro atoms. The van der Waals surface area contributed by atoms with Crippen LogP contribution >= 0.6 is 0 Å². The van der Waals surface area contributed by atoms with Gasteiger partial charge in [0.1, 0.15) is 5.82 Å². The van der Waals surface area contributed by atoms with E-state index >= 15 is 0 Å². The molecule has 2 rings (SSSR count). The summed E-state index contributed by atoms with van der Waals surface area (Å²) in [6, 6.07) is 14.2. The van der Waals surface area contributed by atoms with Gasteiger partial charge in [-0.3, -0.25) is 0 Å². The first-order chi connectivity index (χ1) is 9.99. The van der Waals surface area contributed by atoms with Crippen molar-refractivity contribution >= 4 is 11.8 Å². The van der Waals surface area contributed by atoms with Crippen LogP contribution in [0.5, 0.6) is 0 Å². The number of hydrogen-bond acceptors (Lipinski definition) is 4. The van der Waals surface area contributed by atoms with E-state index in [1.54, 1.807) is 19.1 Å². The first-order valence-electron chi connectivity index (χ1n) is 6.71. The molecule has 0 aliphatic heterocycles. The third-order valence-electron chi connectivity index (χ3n) is 3.28. The number of benzene rings is 1. The second kappa shape index (κ2) is 6.37. The zero-order valence-electron chi connectivity index (χ0n) is 11.8. The molecule has 5 heteroatoms. The van der Waals surface area contributed by atoms with E-state index in [2.05, 4.69) is 10.3 Å². The Bertz CT molecular complexity index is 612. The van der Waals surface area contributed by atoms with Crippen LogP contribution in [0.1, 0.15) is 29.4 Å². The summed E-state index contributed by atoms with van der Waals surface area (Å²) in [5, 5.41) is 22.4. The van der Waals surface area contributed by atoms with Crippen molar-refractivity contribution in [1.82, 2.24) is 4.98 Å². The fourth-order valence-corrected chi connectivity index (χ4v) is 2.03. The Morgan fingerprint density at radius 2 is 1.90 bits per heavy atom. The Balaban J connectivity index is 1.95. The molecule has 0 fully saturated rings. The lowest BCUT2D eigenvalue weighted by Gasteiger charge is -2.24. The van der Waals surface area contributed by atoms with Crippen LogP contribution in [0.4, 0.5) is 5.82 Å². The molecule has 1 atom stereocenters. The minimum atomic E-state index is -1.06. The number of carbonyl (C=O) groups is 1. The number of carboxylic acids is 1. The molecule has 0 saturated carbocycles. The lowest BCUT2D eigenvalue weighted by atomic mass is 9.93. The summed E-state index contributed by atoms with van der Waals surface area (Å²) in [6.45, 7) is 2.24. The summed E-state index contributed by atoms with van der Waals surface area (Å²) in [4.78, 5) is 14.8. The van der Waals surface area contributed by atoms with Crippen LogP contribution in [0.25, 0.3) is 0 Å². The molecule has 0 aliphatic rings. The summed E-state index contributed by atoms with van der Waals surface area (Å²) in [7, 11) is 0. The van der Waals surface area contributed by atoms with E-state index in [0.29, 0.717) is 18.8 Å². The zero-order valence-corrected chi connectivity index (χ0v) is 11.8. The van der Waals surface area contributed by atoms with Crippen molar-refractivity contribution in [2.24, 2.45) is 0 Å². The quantitative estimate of drug-likeness (QED) is 0.760. The number of hydrogen-bond donors (Lipinski definition) is 3. The average molecular weight is 286 g/mol. The molecule has 1 unspecified atom stereocenters. The van der Waals surface area contributed by atoms with Crippen molar-refractivity contribution < 1.29 is 15.0 Å². The van der Waals surface area contributed by atoms with Gasteiger partial charge in [-0.15, -0.1) is 0 Å². The molecule has 21 heavy (non-hydrogen) atoms. The van der Waals surface area contributed by atoms with Crippen LogP contribution < -0.4 is 5.32 Å². The minimum absolute atomic E-state index is 0.00480. The van der Waals surface area contributed by atoms with Crippen LogP contribution in [0.2, 0.25) is 0 Å². The third-order valence-corrected chi connectivity index (χ3v) is 3.28. The topological polar surface area (TPSA) is 82.5 Å². The molecule has 110 valence electrons. The zero-order chi connectivity index (χ0) is 15.3. The highest BCUT2D eigenvalue weighted by atomic mass is 16.4. The average Bonchev–Trinajstić information content (AvgIpc) is 2.48. The molecular weight excluding hydrogens is 268 g/mol. The predicted octanol–water partition coefficient (Wildman–Crippen LogP) is 2.49. The third kappa shape index (κ3) is 4.03. The van der Waals surface area contributed by atoms with E-state index in [9.17, 15) is 9.90 Å². The fourth-order valence-electron chi connectivity index (χ4n) is 2.03. The second-order valence-corrected chi connectivity index (χ2v) is 5.03. The molecule has 0 aliphatic carbocycles. The van der Waals surface area contributed by atoms with Gasteiger partial charge in [0.25, 0.3) is 0 Å². The molecule has 0 radical (unpaired) electrons. The first-order valence-corrected chi connectivity index (χ1v) is 6.71. The minimum Gasteiger partial charge on any atom is -0.477 e. The molecule has 1 aromatic heterocycles. The summed E-state index contributed by atoms with van der Waals surface area (Å²) in [5.74, 6) is -0.575. The molecule has 3 N–H and O–H groups in total. The predicted molar refractivity (Wildman–Crippen MR) is 80.3 cm³/mol. The van der Waals surface area contributed by atoms with Crippen molar-refractivity contribution in [1.29, 1.82) is 0 Å². The summed E-state index contributed by atoms with van der Waals surface area (Å²) in [6.07, 6.45) is 0.482. The number of aromatic carboxylic acids is 1. The number of carboxylic acid groups (broad SMARTS) is 1. The van der Waals surface area contributed by atoms with Crippen LogP contribution in [0.3, 0.4) is 0 Å². The van der Waals surface area contributed by atoms with Crippen molar-refractivity contribution in [3.05, 3.63) is 59.8 Å². The molecule has 0 bridgehead atoms. The molecule has 1 heterocycles. The van der Waals surface area contributed by atoms with Crippen LogP contribution in [0, 0.1) is 0 Å². The van der Waals surface area contributed by atoms with E-state index in [-0.39, 0.29) is 5.69 Å². The molecule has 0 amide bonds. The van der Waals surface area contributed by atoms with Gasteiger partial charge in [-0.1, -0.05) is 36.4 Å². The van der Waals surface area contributed by atoms with Crippen molar-refractivity contribution in [2.75, 3.05) is 11.9 Å². The van der Waals surface area contributed by atoms with Crippen LogP contribution in [-0.4, -0.2) is 27.7 Å². The summed E-state index contributed by atoms with van der Waals surface area (Å²) in [5.41, 5.74) is -0.104. The Morgan fingerprint density at radius 3 is 2.57 bits per heavy atom. The Labute approximate surface area is 123 Å². The largest absolute Gasteiger partial charge is 0.477 e. The van der Waals surface area contributed by atoms with Crippen LogP contribution in [-0.2, 0) is 5.60 Å². The van der Waals surface area contributed by atoms with Gasteiger partial charge in [-0.25, -0.2) is 9.78 Å². The maximum absolute atomic E-state index is 10.8. The van der Waals surface area contributed by atoms with Gasteiger partial charge in [0, 0.05) is 6.54 Å². The van der Waals surface area contributed by atoms with Gasteiger partial charge in [0.05, 0.1) is 5.60 Å². The monoisotopic (exact) mass is 286 g/mol. The highest BCUT2D eigenvalue weighted by Gasteiger charge is 2.22. The Morgan fingerprint density at radius 1 is 1.19 bits per heavy atom. The summed E-state index contributed by atoms with van der Waals surface area (Å²) >= 11 is 0. The summed E-state index contributed by atoms with van der Waals surface area (Å²) < 4.78 is 0. The smallest absolute Gasteiger partial charge is 0.354 e. The van der Waals surface area contributed by atoms with Crippen molar-refractivity contribution in [2.45, 2.75) is 18.9 Å². The normalized spacial score (nSPS) is 13.4. The Hall–Kier alpha value is -2.40. The maximum atomic E-state index is 10.8. The number of anilines is 1. The van der Waals surface area contributed by atoms with E-state index in [0.717, 1.165) is 5.56 Å². The van der Waals surface area contributed by atoms with Gasteiger partial charge in [0.2, 0.25) is 0 Å². The molecule has 2 aromatic rings. The molecule has 0 saturated heterocycles. The number of nitrogens with one attached hydrogen (secondary N) is 1. The molecule has 1 aromatic carbocycles. The van der Waals surface area contributed by atoms with Gasteiger partial charge >= 0.3 is 5.97 Å².